The predicted molar refractivity (Wildman–Crippen MR) is 91.8 cm³/mol. The van der Waals surface area contributed by atoms with Crippen LogP contribution >= 0.6 is 28.3 Å². The Labute approximate surface area is 141 Å². The van der Waals surface area contributed by atoms with Crippen molar-refractivity contribution in [3.63, 3.8) is 0 Å². The number of carbonyl (C=O) groups is 1. The summed E-state index contributed by atoms with van der Waals surface area (Å²) in [6.45, 7) is 3.12. The summed E-state index contributed by atoms with van der Waals surface area (Å²) in [7, 11) is 3.85. The van der Waals surface area contributed by atoms with E-state index in [-0.39, 0.29) is 18.3 Å². The van der Waals surface area contributed by atoms with Crippen LogP contribution in [0.25, 0.3) is 0 Å². The standard InChI is InChI=1S/C15H22BrN3O.ClH/c1-17-13-7-8-19(10-13)11-15(20)18(2)9-12-5-3-4-6-14(12)16;/h3-6,13,17H,7-11H2,1-2H3;1H. The van der Waals surface area contributed by atoms with Crippen molar-refractivity contribution in [3.8, 4) is 0 Å². The summed E-state index contributed by atoms with van der Waals surface area (Å²) in [5.74, 6) is 0.178. The van der Waals surface area contributed by atoms with Crippen LogP contribution in [0.5, 0.6) is 0 Å². The van der Waals surface area contributed by atoms with Crippen molar-refractivity contribution in [3.05, 3.63) is 34.3 Å². The second-order valence-electron chi connectivity index (χ2n) is 5.35. The number of likely N-dealkylation sites (N-methyl/N-ethyl adjacent to an activating group) is 2. The lowest BCUT2D eigenvalue weighted by Crippen LogP contribution is -2.38. The topological polar surface area (TPSA) is 35.6 Å². The Bertz CT molecular complexity index is 472. The highest BCUT2D eigenvalue weighted by molar-refractivity contribution is 9.10. The Kier molecular flexibility index (Phi) is 7.66. The van der Waals surface area contributed by atoms with E-state index in [0.717, 1.165) is 29.5 Å². The molecular formula is C15H23BrClN3O. The summed E-state index contributed by atoms with van der Waals surface area (Å²) in [6, 6.07) is 8.55. The van der Waals surface area contributed by atoms with Gasteiger partial charge < -0.3 is 10.2 Å². The van der Waals surface area contributed by atoms with E-state index in [1.54, 1.807) is 4.90 Å². The number of halogens is 2. The van der Waals surface area contributed by atoms with Gasteiger partial charge >= 0.3 is 0 Å². The molecule has 0 radical (unpaired) electrons. The summed E-state index contributed by atoms with van der Waals surface area (Å²) in [5.41, 5.74) is 1.14. The molecule has 4 nitrogen and oxygen atoms in total. The molecule has 1 aromatic rings. The number of amides is 1. The Balaban J connectivity index is 0.00000220. The lowest BCUT2D eigenvalue weighted by atomic mass is 10.2. The molecule has 1 N–H and O–H groups in total. The fraction of sp³-hybridized carbons (Fsp3) is 0.533. The van der Waals surface area contributed by atoms with Crippen molar-refractivity contribution in [2.45, 2.75) is 19.0 Å². The van der Waals surface area contributed by atoms with Crippen LogP contribution in [-0.4, -0.2) is 55.5 Å². The van der Waals surface area contributed by atoms with Gasteiger partial charge in [-0.2, -0.15) is 0 Å². The highest BCUT2D eigenvalue weighted by Gasteiger charge is 2.23. The van der Waals surface area contributed by atoms with Crippen molar-refractivity contribution in [2.24, 2.45) is 0 Å². The van der Waals surface area contributed by atoms with Gasteiger partial charge in [0.25, 0.3) is 0 Å². The van der Waals surface area contributed by atoms with Crippen LogP contribution < -0.4 is 5.32 Å². The molecule has 6 heteroatoms. The van der Waals surface area contributed by atoms with Crippen molar-refractivity contribution in [1.29, 1.82) is 0 Å². The number of likely N-dealkylation sites (tertiary alicyclic amines) is 1. The average Bonchev–Trinajstić information content (AvgIpc) is 2.89. The van der Waals surface area contributed by atoms with Gasteiger partial charge in [0.05, 0.1) is 6.54 Å². The van der Waals surface area contributed by atoms with E-state index in [4.69, 9.17) is 0 Å². The van der Waals surface area contributed by atoms with Crippen molar-refractivity contribution in [1.82, 2.24) is 15.1 Å². The van der Waals surface area contributed by atoms with Gasteiger partial charge in [-0.1, -0.05) is 34.1 Å². The summed E-state index contributed by atoms with van der Waals surface area (Å²) in [5, 5.41) is 3.27. The van der Waals surface area contributed by atoms with Crippen molar-refractivity contribution < 1.29 is 4.79 Å². The van der Waals surface area contributed by atoms with E-state index in [1.807, 2.05) is 38.4 Å². The number of rotatable bonds is 5. The zero-order valence-corrected chi connectivity index (χ0v) is 14.9. The van der Waals surface area contributed by atoms with Gasteiger partial charge in [-0.3, -0.25) is 9.69 Å². The molecular weight excluding hydrogens is 354 g/mol. The molecule has 0 aliphatic carbocycles. The maximum absolute atomic E-state index is 12.3. The minimum atomic E-state index is 0. The van der Waals surface area contributed by atoms with Crippen LogP contribution in [0.4, 0.5) is 0 Å². The zero-order chi connectivity index (χ0) is 14.5. The lowest BCUT2D eigenvalue weighted by molar-refractivity contribution is -0.131. The second-order valence-corrected chi connectivity index (χ2v) is 6.20. The number of hydrogen-bond donors (Lipinski definition) is 1. The molecule has 1 aliphatic rings. The quantitative estimate of drug-likeness (QED) is 0.855. The Morgan fingerprint density at radius 3 is 2.81 bits per heavy atom. The van der Waals surface area contributed by atoms with Gasteiger partial charge in [-0.25, -0.2) is 0 Å². The summed E-state index contributed by atoms with van der Waals surface area (Å²) >= 11 is 3.52. The number of nitrogens with one attached hydrogen (secondary N) is 1. The molecule has 1 aliphatic heterocycles. The molecule has 1 saturated heterocycles. The predicted octanol–water partition coefficient (Wildman–Crippen LogP) is 2.12. The first-order chi connectivity index (χ1) is 9.60. The summed E-state index contributed by atoms with van der Waals surface area (Å²) < 4.78 is 1.05. The van der Waals surface area contributed by atoms with Crippen LogP contribution in [0.15, 0.2) is 28.7 Å². The third-order valence-electron chi connectivity index (χ3n) is 3.83. The highest BCUT2D eigenvalue weighted by atomic mass is 79.9. The van der Waals surface area contributed by atoms with E-state index in [0.29, 0.717) is 19.1 Å². The zero-order valence-electron chi connectivity index (χ0n) is 12.5. The molecule has 1 atom stereocenters. The van der Waals surface area contributed by atoms with Crippen molar-refractivity contribution in [2.75, 3.05) is 33.7 Å². The van der Waals surface area contributed by atoms with Crippen LogP contribution in [0, 0.1) is 0 Å². The summed E-state index contributed by atoms with van der Waals surface area (Å²) in [6.07, 6.45) is 1.12. The average molecular weight is 377 g/mol. The Hall–Kier alpha value is -0.620. The molecule has 1 aromatic carbocycles. The third-order valence-corrected chi connectivity index (χ3v) is 4.60. The SMILES string of the molecule is CNC1CCN(CC(=O)N(C)Cc2ccccc2Br)C1.Cl. The molecule has 1 amide bonds. The smallest absolute Gasteiger partial charge is 0.236 e. The Morgan fingerprint density at radius 2 is 2.19 bits per heavy atom. The number of hydrogen-bond acceptors (Lipinski definition) is 3. The van der Waals surface area contributed by atoms with E-state index in [9.17, 15) is 4.79 Å². The van der Waals surface area contributed by atoms with Gasteiger partial charge in [-0.05, 0) is 25.1 Å². The van der Waals surface area contributed by atoms with E-state index < -0.39 is 0 Å². The largest absolute Gasteiger partial charge is 0.340 e. The maximum Gasteiger partial charge on any atom is 0.236 e. The van der Waals surface area contributed by atoms with Crippen molar-refractivity contribution >= 4 is 34.2 Å². The fourth-order valence-electron chi connectivity index (χ4n) is 2.49. The Morgan fingerprint density at radius 1 is 1.48 bits per heavy atom. The minimum Gasteiger partial charge on any atom is -0.340 e. The monoisotopic (exact) mass is 375 g/mol. The second kappa shape index (κ2) is 8.73. The highest BCUT2D eigenvalue weighted by Crippen LogP contribution is 2.17. The molecule has 118 valence electrons. The molecule has 1 unspecified atom stereocenters. The molecule has 0 aromatic heterocycles. The summed E-state index contributed by atoms with van der Waals surface area (Å²) in [4.78, 5) is 16.3. The molecule has 0 saturated carbocycles. The lowest BCUT2D eigenvalue weighted by Gasteiger charge is -2.22. The molecule has 1 heterocycles. The molecule has 1 fully saturated rings. The van der Waals surface area contributed by atoms with Crippen LogP contribution in [-0.2, 0) is 11.3 Å². The first-order valence-corrected chi connectivity index (χ1v) is 7.76. The van der Waals surface area contributed by atoms with Gasteiger partial charge in [0.2, 0.25) is 5.91 Å². The first kappa shape index (κ1) is 18.4. The molecule has 0 spiro atoms. The van der Waals surface area contributed by atoms with Crippen LogP contribution in [0.2, 0.25) is 0 Å². The molecule has 0 bridgehead atoms. The van der Waals surface area contributed by atoms with E-state index >= 15 is 0 Å². The van der Waals surface area contributed by atoms with Gasteiger partial charge in [-0.15, -0.1) is 12.4 Å². The number of nitrogens with zero attached hydrogens (tertiary/aromatic N) is 2. The minimum absolute atomic E-state index is 0. The third kappa shape index (κ3) is 5.25. The maximum atomic E-state index is 12.3. The number of benzene rings is 1. The molecule has 2 rings (SSSR count). The fourth-order valence-corrected chi connectivity index (χ4v) is 2.90. The van der Waals surface area contributed by atoms with Crippen LogP contribution in [0.3, 0.4) is 0 Å². The number of carbonyl (C=O) groups excluding carboxylic acids is 1. The van der Waals surface area contributed by atoms with Gasteiger partial charge in [0.15, 0.2) is 0 Å². The van der Waals surface area contributed by atoms with Gasteiger partial charge in [0, 0.05) is 37.2 Å². The normalized spacial score (nSPS) is 18.3. The van der Waals surface area contributed by atoms with E-state index in [2.05, 4.69) is 26.1 Å². The first-order valence-electron chi connectivity index (χ1n) is 6.97. The van der Waals surface area contributed by atoms with Gasteiger partial charge in [0.1, 0.15) is 0 Å². The molecule has 21 heavy (non-hydrogen) atoms. The van der Waals surface area contributed by atoms with E-state index in [1.165, 1.54) is 0 Å². The van der Waals surface area contributed by atoms with Crippen LogP contribution in [0.1, 0.15) is 12.0 Å².